The summed E-state index contributed by atoms with van der Waals surface area (Å²) in [5, 5.41) is 3.58. The second-order valence-electron chi connectivity index (χ2n) is 7.18. The van der Waals surface area contributed by atoms with E-state index < -0.39 is 0 Å². The summed E-state index contributed by atoms with van der Waals surface area (Å²) in [6, 6.07) is 9.88. The van der Waals surface area contributed by atoms with Crippen LogP contribution in [-0.4, -0.2) is 41.4 Å². The number of rotatable bonds is 4. The zero-order chi connectivity index (χ0) is 19.0. The van der Waals surface area contributed by atoms with E-state index in [-0.39, 0.29) is 11.2 Å². The number of hydrogen-bond acceptors (Lipinski definition) is 5. The maximum absolute atomic E-state index is 12.1. The van der Waals surface area contributed by atoms with Crippen molar-refractivity contribution in [2.75, 3.05) is 31.1 Å². The highest BCUT2D eigenvalue weighted by molar-refractivity contribution is 5.62. The minimum atomic E-state index is -0.294. The van der Waals surface area contributed by atoms with E-state index >= 15 is 0 Å². The summed E-state index contributed by atoms with van der Waals surface area (Å²) in [6.45, 7) is 2.95. The lowest BCUT2D eigenvalue weighted by Gasteiger charge is -2.22. The Bertz CT molecular complexity index is 1010. The van der Waals surface area contributed by atoms with E-state index in [0.29, 0.717) is 18.5 Å². The van der Waals surface area contributed by atoms with Crippen LogP contribution in [0.2, 0.25) is 0 Å². The minimum Gasteiger partial charge on any atom is -0.489 e. The molecule has 2 aromatic rings. The second-order valence-corrected chi connectivity index (χ2v) is 7.18. The van der Waals surface area contributed by atoms with Gasteiger partial charge in [0.25, 0.3) is 5.56 Å². The normalized spacial score (nSPS) is 18.8. The molecule has 1 fully saturated rings. The summed E-state index contributed by atoms with van der Waals surface area (Å²) in [4.78, 5) is 26.2. The van der Waals surface area contributed by atoms with E-state index in [9.17, 15) is 9.59 Å². The quantitative estimate of drug-likeness (QED) is 0.862. The number of aromatic nitrogens is 2. The first-order chi connectivity index (χ1) is 13.0. The molecular formula is C20H24N4O3. The van der Waals surface area contributed by atoms with E-state index in [1.807, 2.05) is 18.2 Å². The Morgan fingerprint density at radius 2 is 2.00 bits per heavy atom. The lowest BCUT2D eigenvalue weighted by Crippen LogP contribution is -2.41. The number of benzene rings is 1. The lowest BCUT2D eigenvalue weighted by molar-refractivity contribution is 0.341. The van der Waals surface area contributed by atoms with Crippen molar-refractivity contribution in [2.45, 2.75) is 12.5 Å². The summed E-state index contributed by atoms with van der Waals surface area (Å²) in [5.74, 6) is 1.61. The molecule has 1 N–H and O–H groups in total. The zero-order valence-corrected chi connectivity index (χ0v) is 15.6. The van der Waals surface area contributed by atoms with Gasteiger partial charge < -0.3 is 15.0 Å². The van der Waals surface area contributed by atoms with Crippen LogP contribution in [0, 0.1) is 0 Å². The molecule has 7 nitrogen and oxygen atoms in total. The Hall–Kier alpha value is -2.80. The van der Waals surface area contributed by atoms with Crippen LogP contribution >= 0.6 is 0 Å². The van der Waals surface area contributed by atoms with Gasteiger partial charge in [0.1, 0.15) is 18.2 Å². The minimum absolute atomic E-state index is 0.271. The molecule has 0 unspecified atom stereocenters. The molecule has 1 aromatic carbocycles. The smallest absolute Gasteiger partial charge is 0.332 e. The van der Waals surface area contributed by atoms with Crippen molar-refractivity contribution in [3.05, 3.63) is 62.3 Å². The number of fused-ring (bicyclic) bond motifs is 1. The van der Waals surface area contributed by atoms with E-state index in [0.717, 1.165) is 41.9 Å². The van der Waals surface area contributed by atoms with Crippen LogP contribution in [0.4, 0.5) is 5.82 Å². The van der Waals surface area contributed by atoms with Gasteiger partial charge in [-0.1, -0.05) is 18.2 Å². The fraction of sp³-hybridized carbons (Fsp3) is 0.400. The summed E-state index contributed by atoms with van der Waals surface area (Å²) >= 11 is 0. The molecule has 142 valence electrons. The van der Waals surface area contributed by atoms with E-state index in [1.165, 1.54) is 23.3 Å². The molecule has 0 bridgehead atoms. The average molecular weight is 368 g/mol. The molecule has 0 amide bonds. The second kappa shape index (κ2) is 7.08. The number of nitrogens with zero attached hydrogens (tertiary/aromatic N) is 3. The summed E-state index contributed by atoms with van der Waals surface area (Å²) in [7, 11) is 3.21. The van der Waals surface area contributed by atoms with Gasteiger partial charge in [-0.3, -0.25) is 13.9 Å². The van der Waals surface area contributed by atoms with Crippen molar-refractivity contribution in [2.24, 2.45) is 14.1 Å². The van der Waals surface area contributed by atoms with Crippen LogP contribution in [0.5, 0.6) is 5.75 Å². The van der Waals surface area contributed by atoms with Crippen LogP contribution in [0.1, 0.15) is 12.0 Å². The van der Waals surface area contributed by atoms with Gasteiger partial charge in [-0.25, -0.2) is 4.79 Å². The van der Waals surface area contributed by atoms with Gasteiger partial charge in [-0.05, 0) is 24.1 Å². The molecule has 7 heteroatoms. The first-order valence-electron chi connectivity index (χ1n) is 9.19. The molecule has 2 aliphatic rings. The van der Waals surface area contributed by atoms with Crippen LogP contribution < -0.4 is 26.2 Å². The molecule has 1 aromatic heterocycles. The number of para-hydroxylation sites is 1. The Morgan fingerprint density at radius 1 is 1.19 bits per heavy atom. The van der Waals surface area contributed by atoms with E-state index in [4.69, 9.17) is 4.74 Å². The fourth-order valence-corrected chi connectivity index (χ4v) is 3.70. The first kappa shape index (κ1) is 17.6. The van der Waals surface area contributed by atoms with Crippen LogP contribution in [0.3, 0.4) is 0 Å². The molecule has 27 heavy (non-hydrogen) atoms. The van der Waals surface area contributed by atoms with Crippen molar-refractivity contribution < 1.29 is 4.74 Å². The predicted molar refractivity (Wildman–Crippen MR) is 105 cm³/mol. The first-order valence-corrected chi connectivity index (χ1v) is 9.19. The van der Waals surface area contributed by atoms with Gasteiger partial charge >= 0.3 is 5.69 Å². The lowest BCUT2D eigenvalue weighted by atomic mass is 10.1. The molecule has 1 atom stereocenters. The SMILES string of the molecule is Cn1c(N2CC[C@@H](NCC3=Cc4ccccc4OC3)C2)cc(=O)n(C)c1=O. The molecular weight excluding hydrogens is 344 g/mol. The van der Waals surface area contributed by atoms with E-state index in [2.05, 4.69) is 22.4 Å². The topological polar surface area (TPSA) is 68.5 Å². The molecule has 4 rings (SSSR count). The van der Waals surface area contributed by atoms with Gasteiger partial charge in [0.05, 0.1) is 0 Å². The molecule has 0 saturated carbocycles. The Kier molecular flexibility index (Phi) is 4.61. The van der Waals surface area contributed by atoms with Crippen molar-refractivity contribution in [3.63, 3.8) is 0 Å². The number of nitrogens with one attached hydrogen (secondary N) is 1. The van der Waals surface area contributed by atoms with Crippen LogP contribution in [-0.2, 0) is 14.1 Å². The summed E-state index contributed by atoms with van der Waals surface area (Å²) in [6.07, 6.45) is 3.15. The van der Waals surface area contributed by atoms with Crippen molar-refractivity contribution in [1.82, 2.24) is 14.5 Å². The molecule has 0 radical (unpaired) electrons. The third-order valence-corrected chi connectivity index (χ3v) is 5.32. The van der Waals surface area contributed by atoms with Crippen molar-refractivity contribution >= 4 is 11.9 Å². The maximum atomic E-state index is 12.1. The Balaban J connectivity index is 1.41. The third-order valence-electron chi connectivity index (χ3n) is 5.32. The monoisotopic (exact) mass is 368 g/mol. The maximum Gasteiger partial charge on any atom is 0.332 e. The molecule has 0 aliphatic carbocycles. The fourth-order valence-electron chi connectivity index (χ4n) is 3.70. The molecule has 1 saturated heterocycles. The predicted octanol–water partition coefficient (Wildman–Crippen LogP) is 0.728. The van der Waals surface area contributed by atoms with E-state index in [1.54, 1.807) is 7.05 Å². The Morgan fingerprint density at radius 3 is 2.85 bits per heavy atom. The van der Waals surface area contributed by atoms with Crippen molar-refractivity contribution in [1.29, 1.82) is 0 Å². The highest BCUT2D eigenvalue weighted by Crippen LogP contribution is 2.25. The van der Waals surface area contributed by atoms with Crippen molar-refractivity contribution in [3.8, 4) is 5.75 Å². The van der Waals surface area contributed by atoms with Gasteiger partial charge in [-0.2, -0.15) is 0 Å². The largest absolute Gasteiger partial charge is 0.489 e. The van der Waals surface area contributed by atoms with Gasteiger partial charge in [0.15, 0.2) is 0 Å². The third kappa shape index (κ3) is 3.42. The Labute approximate surface area is 157 Å². The number of anilines is 1. The number of ether oxygens (including phenoxy) is 1. The summed E-state index contributed by atoms with van der Waals surface area (Å²) < 4.78 is 8.47. The molecule has 0 spiro atoms. The van der Waals surface area contributed by atoms with Gasteiger partial charge in [0.2, 0.25) is 0 Å². The van der Waals surface area contributed by atoms with Gasteiger partial charge in [0, 0.05) is 51.4 Å². The summed E-state index contributed by atoms with van der Waals surface area (Å²) in [5.41, 5.74) is 1.77. The molecule has 2 aliphatic heterocycles. The highest BCUT2D eigenvalue weighted by Gasteiger charge is 2.25. The average Bonchev–Trinajstić information content (AvgIpc) is 3.16. The molecule has 3 heterocycles. The standard InChI is InChI=1S/C20H24N4O3/c1-22-18(10-19(25)23(2)20(22)26)24-8-7-16(12-24)21-11-14-9-15-5-3-4-6-17(15)27-13-14/h3-6,9-10,16,21H,7-8,11-13H2,1-2H3/t16-/m1/s1. The number of hydrogen-bond donors (Lipinski definition) is 1. The van der Waals surface area contributed by atoms with Gasteiger partial charge in [-0.15, -0.1) is 0 Å². The highest BCUT2D eigenvalue weighted by atomic mass is 16.5. The van der Waals surface area contributed by atoms with Crippen LogP contribution in [0.25, 0.3) is 6.08 Å². The zero-order valence-electron chi connectivity index (χ0n) is 15.6. The van der Waals surface area contributed by atoms with Crippen LogP contribution in [0.15, 0.2) is 45.5 Å².